The van der Waals surface area contributed by atoms with Gasteiger partial charge in [-0.3, -0.25) is 10.1 Å². The number of rotatable bonds is 8. The third-order valence-electron chi connectivity index (χ3n) is 3.46. The molecule has 27 heavy (non-hydrogen) atoms. The maximum atomic E-state index is 13.0. The standard InChI is InChI=1S/C18H33N3O5S/c1-7-24-11-9-21(10-12-25-8-2)17(23)27-13-15(19-14(27)3)20-16(22)26-18(4,5)6/h7-13H2,1-6H3,(H,19,20,22). The van der Waals surface area contributed by atoms with Gasteiger partial charge in [0.05, 0.1) is 24.0 Å². The molecule has 1 rings (SSSR count). The number of aliphatic imine (C=N–C) groups is 1. The Kier molecular flexibility index (Phi) is 9.97. The van der Waals surface area contributed by atoms with Crippen LogP contribution in [0.3, 0.4) is 0 Å². The van der Waals surface area contributed by atoms with Gasteiger partial charge in [-0.25, -0.2) is 9.79 Å². The van der Waals surface area contributed by atoms with Gasteiger partial charge in [-0.05, 0) is 41.5 Å². The molecule has 8 nitrogen and oxygen atoms in total. The summed E-state index contributed by atoms with van der Waals surface area (Å²) < 4.78 is 16.0. The Hall–Kier alpha value is -1.45. The van der Waals surface area contributed by atoms with Crippen LogP contribution in [-0.4, -0.2) is 77.9 Å². The van der Waals surface area contributed by atoms with E-state index < -0.39 is 22.2 Å². The van der Waals surface area contributed by atoms with Crippen LogP contribution in [-0.2, 0) is 14.2 Å². The summed E-state index contributed by atoms with van der Waals surface area (Å²) in [5, 5.41) is 2.65. The van der Waals surface area contributed by atoms with Crippen LogP contribution in [0.15, 0.2) is 4.99 Å². The molecule has 0 spiro atoms. The number of hydrogen-bond donors (Lipinski definition) is 1. The highest BCUT2D eigenvalue weighted by atomic mass is 32.2. The number of carbonyl (C=O) groups is 2. The van der Waals surface area contributed by atoms with Crippen LogP contribution in [0.1, 0.15) is 41.5 Å². The van der Waals surface area contributed by atoms with Crippen molar-refractivity contribution in [1.82, 2.24) is 10.2 Å². The maximum Gasteiger partial charge on any atom is 0.413 e. The van der Waals surface area contributed by atoms with Crippen molar-refractivity contribution in [2.75, 3.05) is 45.3 Å². The molecule has 1 atom stereocenters. The van der Waals surface area contributed by atoms with Gasteiger partial charge in [0.1, 0.15) is 11.4 Å². The van der Waals surface area contributed by atoms with Gasteiger partial charge < -0.3 is 19.1 Å². The molecule has 1 aliphatic rings. The molecule has 0 aliphatic carbocycles. The first-order valence-corrected chi connectivity index (χ1v) is 10.6. The minimum atomic E-state index is -0.709. The van der Waals surface area contributed by atoms with Crippen molar-refractivity contribution in [3.8, 4) is 0 Å². The summed E-state index contributed by atoms with van der Waals surface area (Å²) in [6, 6.07) is 0. The molecule has 9 heteroatoms. The molecule has 156 valence electrons. The third kappa shape index (κ3) is 8.85. The molecule has 2 amide bonds. The summed E-state index contributed by atoms with van der Waals surface area (Å²) in [7, 11) is -0.709. The van der Waals surface area contributed by atoms with Crippen molar-refractivity contribution in [1.29, 1.82) is 0 Å². The SMILES string of the molecule is CCOCCN(CCOCC)C(=O)S1=C(C)N=C(NC(=O)OC(C)(C)C)C1. The van der Waals surface area contributed by atoms with Gasteiger partial charge in [0.25, 0.3) is 5.24 Å². The van der Waals surface area contributed by atoms with E-state index in [-0.39, 0.29) is 5.24 Å². The van der Waals surface area contributed by atoms with E-state index in [1.807, 2.05) is 20.8 Å². The van der Waals surface area contributed by atoms with Crippen LogP contribution in [0.25, 0.3) is 0 Å². The second-order valence-electron chi connectivity index (χ2n) is 6.89. The Morgan fingerprint density at radius 1 is 1.15 bits per heavy atom. The average Bonchev–Trinajstić information content (AvgIpc) is 2.91. The summed E-state index contributed by atoms with van der Waals surface area (Å²) in [5.41, 5.74) is -0.588. The van der Waals surface area contributed by atoms with Gasteiger partial charge in [-0.1, -0.05) is 10.5 Å². The molecule has 0 aromatic heterocycles. The fourth-order valence-electron chi connectivity index (χ4n) is 2.28. The molecule has 0 aromatic carbocycles. The van der Waals surface area contributed by atoms with E-state index in [1.165, 1.54) is 0 Å². The lowest BCUT2D eigenvalue weighted by molar-refractivity contribution is 0.0563. The zero-order chi connectivity index (χ0) is 20.4. The smallest absolute Gasteiger partial charge is 0.413 e. The lowest BCUT2D eigenvalue weighted by Crippen LogP contribution is -2.38. The Balaban J connectivity index is 2.68. The zero-order valence-electron chi connectivity index (χ0n) is 17.3. The molecule has 0 saturated heterocycles. The number of nitrogens with one attached hydrogen (secondary N) is 1. The maximum absolute atomic E-state index is 13.0. The van der Waals surface area contributed by atoms with E-state index in [1.54, 1.807) is 25.7 Å². The van der Waals surface area contributed by atoms with Crippen molar-refractivity contribution in [2.45, 2.75) is 47.1 Å². The Bertz CT molecular complexity index is 574. The summed E-state index contributed by atoms with van der Waals surface area (Å²) >= 11 is 0. The van der Waals surface area contributed by atoms with Crippen molar-refractivity contribution in [3.05, 3.63) is 0 Å². The number of carbonyl (C=O) groups excluding carboxylic acids is 2. The highest BCUT2D eigenvalue weighted by molar-refractivity contribution is 8.29. The number of amides is 2. The summed E-state index contributed by atoms with van der Waals surface area (Å²) in [4.78, 5) is 31.8. The van der Waals surface area contributed by atoms with Gasteiger partial charge in [0.2, 0.25) is 0 Å². The molecule has 0 bridgehead atoms. The quantitative estimate of drug-likeness (QED) is 0.497. The van der Waals surface area contributed by atoms with Gasteiger partial charge in [0.15, 0.2) is 0 Å². The lowest BCUT2D eigenvalue weighted by Gasteiger charge is -2.24. The Morgan fingerprint density at radius 2 is 1.70 bits per heavy atom. The molecule has 1 aliphatic heterocycles. The van der Waals surface area contributed by atoms with E-state index in [0.29, 0.717) is 56.1 Å². The number of amidine groups is 1. The monoisotopic (exact) mass is 403 g/mol. The number of alkyl carbamates (subject to hydrolysis) is 1. The summed E-state index contributed by atoms with van der Waals surface area (Å²) in [6.07, 6.45) is -0.559. The van der Waals surface area contributed by atoms with Crippen molar-refractivity contribution in [3.63, 3.8) is 0 Å². The minimum Gasteiger partial charge on any atom is -0.444 e. The van der Waals surface area contributed by atoms with Gasteiger partial charge in [-0.2, -0.15) is 0 Å². The molecule has 0 radical (unpaired) electrons. The normalized spacial score (nSPS) is 16.9. The fraction of sp³-hybridized carbons (Fsp3) is 0.778. The van der Waals surface area contributed by atoms with Crippen molar-refractivity contribution >= 4 is 32.6 Å². The molecule has 0 aromatic rings. The number of nitrogens with zero attached hydrogens (tertiary/aromatic N) is 2. The average molecular weight is 404 g/mol. The summed E-state index contributed by atoms with van der Waals surface area (Å²) in [5.74, 6) is 0.844. The second-order valence-corrected chi connectivity index (χ2v) is 8.90. The lowest BCUT2D eigenvalue weighted by atomic mass is 10.2. The van der Waals surface area contributed by atoms with Crippen LogP contribution in [0, 0.1) is 0 Å². The van der Waals surface area contributed by atoms with E-state index in [9.17, 15) is 9.59 Å². The number of hydrogen-bond acceptors (Lipinski definition) is 6. The van der Waals surface area contributed by atoms with E-state index in [4.69, 9.17) is 14.2 Å². The Morgan fingerprint density at radius 3 is 2.19 bits per heavy atom. The van der Waals surface area contributed by atoms with Crippen molar-refractivity contribution < 1.29 is 23.8 Å². The first-order valence-electron chi connectivity index (χ1n) is 9.24. The number of ether oxygens (including phenoxy) is 3. The van der Waals surface area contributed by atoms with E-state index in [2.05, 4.69) is 10.3 Å². The molecule has 1 N–H and O–H groups in total. The highest BCUT2D eigenvalue weighted by Gasteiger charge is 2.26. The first kappa shape index (κ1) is 23.6. The van der Waals surface area contributed by atoms with E-state index >= 15 is 0 Å². The first-order chi connectivity index (χ1) is 12.7. The predicted octanol–water partition coefficient (Wildman–Crippen LogP) is 2.84. The van der Waals surface area contributed by atoms with Crippen molar-refractivity contribution in [2.24, 2.45) is 4.99 Å². The molecular formula is C18H33N3O5S. The molecule has 1 heterocycles. The Labute approximate surface area is 164 Å². The van der Waals surface area contributed by atoms with E-state index in [0.717, 1.165) is 0 Å². The molecule has 0 saturated carbocycles. The van der Waals surface area contributed by atoms with Gasteiger partial charge in [0, 0.05) is 26.3 Å². The molecule has 1 unspecified atom stereocenters. The van der Waals surface area contributed by atoms with Crippen LogP contribution >= 0.6 is 10.5 Å². The van der Waals surface area contributed by atoms with Crippen LogP contribution < -0.4 is 5.32 Å². The third-order valence-corrected chi connectivity index (χ3v) is 5.51. The molecular weight excluding hydrogens is 370 g/mol. The summed E-state index contributed by atoms with van der Waals surface area (Å²) in [6.45, 7) is 14.2. The zero-order valence-corrected chi connectivity index (χ0v) is 18.1. The minimum absolute atomic E-state index is 0.00311. The topological polar surface area (TPSA) is 89.5 Å². The largest absolute Gasteiger partial charge is 0.444 e. The fourth-order valence-corrected chi connectivity index (χ4v) is 3.99. The molecule has 0 fully saturated rings. The van der Waals surface area contributed by atoms with Gasteiger partial charge >= 0.3 is 6.09 Å². The van der Waals surface area contributed by atoms with Crippen LogP contribution in [0.4, 0.5) is 9.59 Å². The highest BCUT2D eigenvalue weighted by Crippen LogP contribution is 2.25. The van der Waals surface area contributed by atoms with Gasteiger partial charge in [-0.15, -0.1) is 0 Å². The van der Waals surface area contributed by atoms with Crippen LogP contribution in [0.5, 0.6) is 0 Å². The van der Waals surface area contributed by atoms with Crippen LogP contribution in [0.2, 0.25) is 0 Å². The second kappa shape index (κ2) is 11.4. The predicted molar refractivity (Wildman–Crippen MR) is 110 cm³/mol.